The van der Waals surface area contributed by atoms with Crippen LogP contribution in [0.2, 0.25) is 5.02 Å². The highest BCUT2D eigenvalue weighted by molar-refractivity contribution is 6.30. The fourth-order valence-electron chi connectivity index (χ4n) is 1.88. The zero-order chi connectivity index (χ0) is 14.5. The van der Waals surface area contributed by atoms with Crippen LogP contribution < -0.4 is 11.1 Å². The zero-order valence-electron chi connectivity index (χ0n) is 11.0. The molecule has 3 N–H and O–H groups in total. The molecule has 0 aliphatic carbocycles. The highest BCUT2D eigenvalue weighted by atomic mass is 35.5. The van der Waals surface area contributed by atoms with E-state index in [1.807, 2.05) is 24.3 Å². The van der Waals surface area contributed by atoms with E-state index in [9.17, 15) is 4.79 Å². The van der Waals surface area contributed by atoms with Crippen molar-refractivity contribution in [3.05, 3.63) is 58.6 Å². The molecule has 0 aromatic heterocycles. The molecule has 0 unspecified atom stereocenters. The van der Waals surface area contributed by atoms with Gasteiger partial charge in [-0.25, -0.2) is 4.79 Å². The number of rotatable bonds is 4. The van der Waals surface area contributed by atoms with Crippen LogP contribution in [0.3, 0.4) is 0 Å². The molecule has 104 valence electrons. The number of para-hydroxylation sites is 1. The lowest BCUT2D eigenvalue weighted by atomic mass is 10.1. The molecule has 0 fully saturated rings. The molecule has 5 heteroatoms. The van der Waals surface area contributed by atoms with Crippen molar-refractivity contribution in [2.75, 3.05) is 18.2 Å². The predicted octanol–water partition coefficient (Wildman–Crippen LogP) is 3.32. The molecule has 0 radical (unpaired) electrons. The molecule has 2 aromatic carbocycles. The van der Waals surface area contributed by atoms with Gasteiger partial charge in [0.2, 0.25) is 0 Å². The molecular formula is C15H15ClN2O2. The van der Waals surface area contributed by atoms with Gasteiger partial charge < -0.3 is 15.8 Å². The Morgan fingerprint density at radius 1 is 1.30 bits per heavy atom. The van der Waals surface area contributed by atoms with Crippen LogP contribution in [0.25, 0.3) is 0 Å². The maximum Gasteiger partial charge on any atom is 0.340 e. The molecule has 0 spiro atoms. The minimum atomic E-state index is -0.425. The molecule has 0 atom stereocenters. The second-order valence-electron chi connectivity index (χ2n) is 4.24. The van der Waals surface area contributed by atoms with Gasteiger partial charge >= 0.3 is 5.97 Å². The van der Waals surface area contributed by atoms with E-state index in [4.69, 9.17) is 22.1 Å². The monoisotopic (exact) mass is 290 g/mol. The average Bonchev–Trinajstić information content (AvgIpc) is 2.45. The maximum absolute atomic E-state index is 11.7. The molecule has 0 saturated heterocycles. The van der Waals surface area contributed by atoms with E-state index in [1.54, 1.807) is 18.2 Å². The van der Waals surface area contributed by atoms with Gasteiger partial charge in [-0.05, 0) is 29.8 Å². The van der Waals surface area contributed by atoms with Crippen molar-refractivity contribution in [1.29, 1.82) is 0 Å². The Labute approximate surface area is 122 Å². The smallest absolute Gasteiger partial charge is 0.340 e. The van der Waals surface area contributed by atoms with Gasteiger partial charge in [-0.15, -0.1) is 0 Å². The summed E-state index contributed by atoms with van der Waals surface area (Å²) in [6.07, 6.45) is 0. The lowest BCUT2D eigenvalue weighted by Crippen LogP contribution is -2.10. The van der Waals surface area contributed by atoms with Crippen molar-refractivity contribution in [3.8, 4) is 0 Å². The second-order valence-corrected chi connectivity index (χ2v) is 4.68. The fourth-order valence-corrected chi connectivity index (χ4v) is 2.10. The Bertz CT molecular complexity index is 629. The normalized spacial score (nSPS) is 10.1. The van der Waals surface area contributed by atoms with Crippen LogP contribution in [0, 0.1) is 0 Å². The number of nitrogens with two attached hydrogens (primary N) is 1. The van der Waals surface area contributed by atoms with Gasteiger partial charge in [0.1, 0.15) is 0 Å². The largest absolute Gasteiger partial charge is 0.465 e. The molecule has 0 bridgehead atoms. The second kappa shape index (κ2) is 6.30. The van der Waals surface area contributed by atoms with Crippen LogP contribution in [0.5, 0.6) is 0 Å². The molecular weight excluding hydrogens is 276 g/mol. The number of halogens is 1. The Hall–Kier alpha value is -2.20. The van der Waals surface area contributed by atoms with Gasteiger partial charge in [0.25, 0.3) is 0 Å². The van der Waals surface area contributed by atoms with Crippen molar-refractivity contribution >= 4 is 28.9 Å². The highest BCUT2D eigenvalue weighted by Crippen LogP contribution is 2.25. The van der Waals surface area contributed by atoms with Gasteiger partial charge in [-0.1, -0.05) is 29.8 Å². The van der Waals surface area contributed by atoms with Gasteiger partial charge in [0, 0.05) is 11.6 Å². The van der Waals surface area contributed by atoms with E-state index in [1.165, 1.54) is 7.11 Å². The predicted molar refractivity (Wildman–Crippen MR) is 81.0 cm³/mol. The van der Waals surface area contributed by atoms with Gasteiger partial charge in [-0.3, -0.25) is 0 Å². The number of anilines is 2. The summed E-state index contributed by atoms with van der Waals surface area (Å²) >= 11 is 5.94. The summed E-state index contributed by atoms with van der Waals surface area (Å²) in [4.78, 5) is 11.7. The lowest BCUT2D eigenvalue weighted by Gasteiger charge is -2.13. The fraction of sp³-hybridized carbons (Fsp3) is 0.133. The van der Waals surface area contributed by atoms with Crippen LogP contribution in [0.15, 0.2) is 42.5 Å². The number of benzene rings is 2. The van der Waals surface area contributed by atoms with E-state index < -0.39 is 5.97 Å². The summed E-state index contributed by atoms with van der Waals surface area (Å²) in [5.74, 6) is -0.425. The first-order chi connectivity index (χ1) is 9.61. The Balaban J connectivity index is 2.23. The van der Waals surface area contributed by atoms with Crippen LogP contribution in [0.4, 0.5) is 11.4 Å². The molecule has 2 aromatic rings. The number of hydrogen-bond acceptors (Lipinski definition) is 4. The first-order valence-electron chi connectivity index (χ1n) is 6.07. The lowest BCUT2D eigenvalue weighted by molar-refractivity contribution is 0.0602. The summed E-state index contributed by atoms with van der Waals surface area (Å²) in [5.41, 5.74) is 8.38. The number of ether oxygens (including phenoxy) is 1. The third-order valence-corrected chi connectivity index (χ3v) is 3.10. The molecule has 0 heterocycles. The summed E-state index contributed by atoms with van der Waals surface area (Å²) in [5, 5.41) is 3.82. The van der Waals surface area contributed by atoms with Gasteiger partial charge in [0.05, 0.1) is 24.0 Å². The van der Waals surface area contributed by atoms with E-state index >= 15 is 0 Å². The molecule has 0 amide bonds. The number of esters is 1. The third kappa shape index (κ3) is 3.22. The van der Waals surface area contributed by atoms with Crippen LogP contribution in [0.1, 0.15) is 15.9 Å². The van der Waals surface area contributed by atoms with Crippen LogP contribution in [-0.4, -0.2) is 13.1 Å². The molecule has 0 aliphatic heterocycles. The maximum atomic E-state index is 11.7. The summed E-state index contributed by atoms with van der Waals surface area (Å²) in [7, 11) is 1.34. The van der Waals surface area contributed by atoms with E-state index in [0.29, 0.717) is 28.5 Å². The van der Waals surface area contributed by atoms with E-state index in [0.717, 1.165) is 5.56 Å². The first-order valence-corrected chi connectivity index (χ1v) is 6.44. The minimum absolute atomic E-state index is 0.412. The van der Waals surface area contributed by atoms with Crippen molar-refractivity contribution in [1.82, 2.24) is 0 Å². The highest BCUT2D eigenvalue weighted by Gasteiger charge is 2.13. The van der Waals surface area contributed by atoms with E-state index in [-0.39, 0.29) is 0 Å². The Morgan fingerprint density at radius 2 is 2.05 bits per heavy atom. The Kier molecular flexibility index (Phi) is 4.48. The number of hydrogen-bond donors (Lipinski definition) is 2. The Morgan fingerprint density at radius 3 is 2.75 bits per heavy atom. The van der Waals surface area contributed by atoms with Crippen LogP contribution >= 0.6 is 11.6 Å². The quantitative estimate of drug-likeness (QED) is 0.670. The van der Waals surface area contributed by atoms with Crippen molar-refractivity contribution < 1.29 is 9.53 Å². The third-order valence-electron chi connectivity index (χ3n) is 2.86. The van der Waals surface area contributed by atoms with Crippen molar-refractivity contribution in [2.45, 2.75) is 6.54 Å². The summed E-state index contributed by atoms with van der Waals surface area (Å²) in [6.45, 7) is 0.513. The molecule has 4 nitrogen and oxygen atoms in total. The molecule has 0 aliphatic rings. The number of carbonyl (C=O) groups is 1. The topological polar surface area (TPSA) is 64.3 Å². The standard InChI is InChI=1S/C15H15ClN2O2/c1-20-15(19)12-6-3-7-13(17)14(12)18-9-10-4-2-5-11(16)8-10/h2-8,18H,9,17H2,1H3. The van der Waals surface area contributed by atoms with E-state index in [2.05, 4.69) is 5.32 Å². The number of nitrogen functional groups attached to an aromatic ring is 1. The first kappa shape index (κ1) is 14.2. The zero-order valence-corrected chi connectivity index (χ0v) is 11.8. The average molecular weight is 291 g/mol. The number of nitrogens with one attached hydrogen (secondary N) is 1. The van der Waals surface area contributed by atoms with Crippen LogP contribution in [-0.2, 0) is 11.3 Å². The summed E-state index contributed by atoms with van der Waals surface area (Å²) in [6, 6.07) is 12.6. The van der Waals surface area contributed by atoms with Gasteiger partial charge in [0.15, 0.2) is 0 Å². The number of carbonyl (C=O) groups excluding carboxylic acids is 1. The van der Waals surface area contributed by atoms with Crippen molar-refractivity contribution in [2.24, 2.45) is 0 Å². The molecule has 2 rings (SSSR count). The van der Waals surface area contributed by atoms with Crippen molar-refractivity contribution in [3.63, 3.8) is 0 Å². The molecule has 0 saturated carbocycles. The summed E-state index contributed by atoms with van der Waals surface area (Å²) < 4.78 is 4.75. The number of methoxy groups -OCH3 is 1. The molecule has 20 heavy (non-hydrogen) atoms. The SMILES string of the molecule is COC(=O)c1cccc(N)c1NCc1cccc(Cl)c1. The van der Waals surface area contributed by atoms with Gasteiger partial charge in [-0.2, -0.15) is 0 Å². The minimum Gasteiger partial charge on any atom is -0.465 e.